The van der Waals surface area contributed by atoms with Crippen LogP contribution in [0.3, 0.4) is 0 Å². The van der Waals surface area contributed by atoms with E-state index in [1.807, 2.05) is 6.92 Å². The minimum absolute atomic E-state index is 0.152. The largest absolute Gasteiger partial charge is 0.309 e. The van der Waals surface area contributed by atoms with Crippen LogP contribution in [0.5, 0.6) is 0 Å². The smallest absolute Gasteiger partial charge is 0.275 e. The maximum absolute atomic E-state index is 12.5. The third-order valence-corrected chi connectivity index (χ3v) is 4.77. The van der Waals surface area contributed by atoms with Crippen LogP contribution in [0, 0.1) is 0 Å². The Kier molecular flexibility index (Phi) is 3.46. The van der Waals surface area contributed by atoms with E-state index in [0.29, 0.717) is 21.6 Å². The van der Waals surface area contributed by atoms with Gasteiger partial charge in [0.15, 0.2) is 0 Å². The molecule has 0 N–H and O–H groups in total. The van der Waals surface area contributed by atoms with E-state index in [-0.39, 0.29) is 17.7 Å². The summed E-state index contributed by atoms with van der Waals surface area (Å²) >= 11 is 1.39. The molecule has 8 heteroatoms. The van der Waals surface area contributed by atoms with Gasteiger partial charge in [0.25, 0.3) is 11.1 Å². The van der Waals surface area contributed by atoms with E-state index in [9.17, 15) is 9.59 Å². The van der Waals surface area contributed by atoms with Crippen LogP contribution in [0.25, 0.3) is 15.9 Å². The highest BCUT2D eigenvalue weighted by Gasteiger charge is 2.10. The van der Waals surface area contributed by atoms with Crippen LogP contribution in [0.4, 0.5) is 0 Å². The first kappa shape index (κ1) is 14.7. The number of fused-ring (bicyclic) bond motifs is 2. The summed E-state index contributed by atoms with van der Waals surface area (Å²) in [7, 11) is 0. The van der Waals surface area contributed by atoms with Gasteiger partial charge in [-0.05, 0) is 24.6 Å². The zero-order valence-electron chi connectivity index (χ0n) is 12.8. The van der Waals surface area contributed by atoms with Crippen LogP contribution in [0.1, 0.15) is 17.6 Å². The number of aryl methyl sites for hydroxylation is 1. The van der Waals surface area contributed by atoms with Crippen LogP contribution < -0.4 is 11.1 Å². The maximum Gasteiger partial charge on any atom is 0.275 e. The molecule has 0 fully saturated rings. The van der Waals surface area contributed by atoms with Crippen molar-refractivity contribution in [1.82, 2.24) is 24.1 Å². The quantitative estimate of drug-likeness (QED) is 0.564. The Morgan fingerprint density at radius 3 is 2.96 bits per heavy atom. The van der Waals surface area contributed by atoms with Crippen molar-refractivity contribution in [3.63, 3.8) is 0 Å². The van der Waals surface area contributed by atoms with E-state index >= 15 is 0 Å². The fourth-order valence-corrected chi connectivity index (χ4v) is 3.39. The van der Waals surface area contributed by atoms with Gasteiger partial charge in [0.05, 0.1) is 23.1 Å². The van der Waals surface area contributed by atoms with E-state index in [0.717, 1.165) is 11.4 Å². The summed E-state index contributed by atoms with van der Waals surface area (Å²) in [5.41, 5.74) is 0.802. The van der Waals surface area contributed by atoms with Crippen LogP contribution >= 0.6 is 11.3 Å². The molecule has 0 aliphatic heterocycles. The predicted molar refractivity (Wildman–Crippen MR) is 91.6 cm³/mol. The van der Waals surface area contributed by atoms with E-state index in [2.05, 4.69) is 15.1 Å². The van der Waals surface area contributed by atoms with Crippen molar-refractivity contribution in [3.8, 4) is 0 Å². The molecule has 0 aliphatic rings. The molecular formula is C16H13N5O2S. The molecule has 0 radical (unpaired) electrons. The second-order valence-corrected chi connectivity index (χ2v) is 6.35. The molecule has 0 saturated heterocycles. The Morgan fingerprint density at radius 1 is 1.25 bits per heavy atom. The van der Waals surface area contributed by atoms with Gasteiger partial charge in [-0.25, -0.2) is 4.98 Å². The third-order valence-electron chi connectivity index (χ3n) is 3.72. The van der Waals surface area contributed by atoms with Crippen molar-refractivity contribution < 1.29 is 0 Å². The topological polar surface area (TPSA) is 82.2 Å². The highest BCUT2D eigenvalue weighted by Crippen LogP contribution is 2.12. The molecule has 0 aliphatic carbocycles. The van der Waals surface area contributed by atoms with Gasteiger partial charge in [0.2, 0.25) is 4.96 Å². The lowest BCUT2D eigenvalue weighted by atomic mass is 10.2. The zero-order chi connectivity index (χ0) is 16.7. The molecule has 4 heterocycles. The van der Waals surface area contributed by atoms with Crippen molar-refractivity contribution in [2.75, 3.05) is 0 Å². The fourth-order valence-electron chi connectivity index (χ4n) is 2.53. The van der Waals surface area contributed by atoms with Gasteiger partial charge in [-0.2, -0.15) is 9.61 Å². The minimum atomic E-state index is -0.235. The van der Waals surface area contributed by atoms with E-state index in [1.54, 1.807) is 30.6 Å². The Balaban J connectivity index is 1.80. The number of rotatable bonds is 3. The Hall–Kier alpha value is -2.87. The highest BCUT2D eigenvalue weighted by molar-refractivity contribution is 7.16. The molecule has 24 heavy (non-hydrogen) atoms. The van der Waals surface area contributed by atoms with Gasteiger partial charge in [-0.3, -0.25) is 14.6 Å². The molecule has 0 saturated carbocycles. The average Bonchev–Trinajstić information content (AvgIpc) is 3.01. The van der Waals surface area contributed by atoms with Gasteiger partial charge >= 0.3 is 0 Å². The first-order valence-electron chi connectivity index (χ1n) is 7.48. The molecule has 0 spiro atoms. The number of hydrogen-bond acceptors (Lipinski definition) is 6. The van der Waals surface area contributed by atoms with E-state index in [1.165, 1.54) is 26.5 Å². The Bertz CT molecular complexity index is 1170. The number of nitrogens with zero attached hydrogens (tertiary/aromatic N) is 5. The summed E-state index contributed by atoms with van der Waals surface area (Å²) in [6.45, 7) is 2.21. The van der Waals surface area contributed by atoms with Crippen molar-refractivity contribution in [3.05, 3.63) is 68.1 Å². The predicted octanol–water partition coefficient (Wildman–Crippen LogP) is 1.47. The molecule has 0 unspecified atom stereocenters. The van der Waals surface area contributed by atoms with Crippen molar-refractivity contribution >= 4 is 27.2 Å². The molecule has 4 aromatic rings. The summed E-state index contributed by atoms with van der Waals surface area (Å²) in [5, 5.41) is 5.62. The lowest BCUT2D eigenvalue weighted by Gasteiger charge is -2.06. The SMILES string of the molecule is CCc1nn2c(=O)cc(Cn3ccc4ncccc4c3=O)nc2s1. The van der Waals surface area contributed by atoms with Crippen LogP contribution in [0.15, 0.2) is 46.2 Å². The normalized spacial score (nSPS) is 11.4. The van der Waals surface area contributed by atoms with Crippen LogP contribution in [-0.2, 0) is 13.0 Å². The van der Waals surface area contributed by atoms with Crippen molar-refractivity contribution in [2.45, 2.75) is 19.9 Å². The standard InChI is InChI=1S/C16H13N5O2S/c1-2-13-19-21-14(22)8-10(18-16(21)24-13)9-20-7-5-12-11(15(20)23)4-3-6-17-12/h3-8H,2,9H2,1H3. The van der Waals surface area contributed by atoms with E-state index < -0.39 is 0 Å². The summed E-state index contributed by atoms with van der Waals surface area (Å²) < 4.78 is 2.84. The summed E-state index contributed by atoms with van der Waals surface area (Å²) in [4.78, 5) is 33.9. The fraction of sp³-hybridized carbons (Fsp3) is 0.188. The van der Waals surface area contributed by atoms with Crippen LogP contribution in [0.2, 0.25) is 0 Å². The average molecular weight is 339 g/mol. The molecule has 7 nitrogen and oxygen atoms in total. The molecular weight excluding hydrogens is 326 g/mol. The minimum Gasteiger partial charge on any atom is -0.309 e. The van der Waals surface area contributed by atoms with E-state index in [4.69, 9.17) is 0 Å². The molecule has 4 rings (SSSR count). The number of pyridine rings is 2. The van der Waals surface area contributed by atoms with Gasteiger partial charge < -0.3 is 4.57 Å². The van der Waals surface area contributed by atoms with Gasteiger partial charge in [0.1, 0.15) is 5.01 Å². The molecule has 120 valence electrons. The number of hydrogen-bond donors (Lipinski definition) is 0. The lowest BCUT2D eigenvalue weighted by molar-refractivity contribution is 0.738. The molecule has 0 bridgehead atoms. The first-order chi connectivity index (χ1) is 11.7. The van der Waals surface area contributed by atoms with Gasteiger partial charge in [-0.15, -0.1) is 0 Å². The van der Waals surface area contributed by atoms with Crippen molar-refractivity contribution in [2.24, 2.45) is 0 Å². The second kappa shape index (κ2) is 5.64. The lowest BCUT2D eigenvalue weighted by Crippen LogP contribution is -2.23. The maximum atomic E-state index is 12.5. The molecule has 0 aromatic carbocycles. The Labute approximate surface area is 139 Å². The first-order valence-corrected chi connectivity index (χ1v) is 8.30. The highest BCUT2D eigenvalue weighted by atomic mass is 32.1. The molecule has 0 atom stereocenters. The summed E-state index contributed by atoms with van der Waals surface area (Å²) in [6, 6.07) is 6.67. The zero-order valence-corrected chi connectivity index (χ0v) is 13.7. The van der Waals surface area contributed by atoms with Gasteiger partial charge in [0, 0.05) is 18.5 Å². The monoisotopic (exact) mass is 339 g/mol. The summed E-state index contributed by atoms with van der Waals surface area (Å²) in [6.07, 6.45) is 4.07. The second-order valence-electron chi connectivity index (χ2n) is 5.31. The van der Waals surface area contributed by atoms with Crippen LogP contribution in [-0.4, -0.2) is 24.1 Å². The third kappa shape index (κ3) is 2.41. The Morgan fingerprint density at radius 2 is 2.12 bits per heavy atom. The molecule has 4 aromatic heterocycles. The van der Waals surface area contributed by atoms with Gasteiger partial charge in [-0.1, -0.05) is 18.3 Å². The van der Waals surface area contributed by atoms with Crippen molar-refractivity contribution in [1.29, 1.82) is 0 Å². The number of aromatic nitrogens is 5. The summed E-state index contributed by atoms with van der Waals surface area (Å²) in [5.74, 6) is 0. The molecule has 0 amide bonds.